The first kappa shape index (κ1) is 30.8. The number of halogens is 1. The van der Waals surface area contributed by atoms with Gasteiger partial charge in [-0.2, -0.15) is 0 Å². The highest BCUT2D eigenvalue weighted by Gasteiger charge is 2.76. The van der Waals surface area contributed by atoms with Crippen molar-refractivity contribution in [2.24, 2.45) is 11.8 Å². The minimum atomic E-state index is -0.838. The van der Waals surface area contributed by atoms with E-state index >= 15 is 0 Å². The first-order valence-electron chi connectivity index (χ1n) is 14.3. The van der Waals surface area contributed by atoms with Crippen LogP contribution in [0.15, 0.2) is 55.6 Å². The quantitative estimate of drug-likeness (QED) is 0.136. The lowest BCUT2D eigenvalue weighted by Crippen LogP contribution is -2.57. The number of thioether (sulfide) groups is 1. The number of likely N-dealkylation sites (tertiary alicyclic amines) is 1. The Labute approximate surface area is 250 Å². The molecule has 2 bridgehead atoms. The van der Waals surface area contributed by atoms with Gasteiger partial charge in [-0.05, 0) is 38.2 Å². The maximum absolute atomic E-state index is 14.7. The molecule has 1 N–H and O–H groups in total. The summed E-state index contributed by atoms with van der Waals surface area (Å²) >= 11 is 5.39. The predicted octanol–water partition coefficient (Wildman–Crippen LogP) is 4.90. The molecule has 0 aliphatic carbocycles. The predicted molar refractivity (Wildman–Crippen MR) is 162 cm³/mol. The Hall–Kier alpha value is -2.10. The van der Waals surface area contributed by atoms with E-state index in [1.807, 2.05) is 42.2 Å². The van der Waals surface area contributed by atoms with Crippen LogP contribution in [0, 0.1) is 11.8 Å². The summed E-state index contributed by atoms with van der Waals surface area (Å²) in [5.74, 6) is -2.18. The van der Waals surface area contributed by atoms with E-state index in [2.05, 4.69) is 36.0 Å². The molecule has 0 aromatic heterocycles. The van der Waals surface area contributed by atoms with Crippen LogP contribution in [0.4, 0.5) is 0 Å². The molecule has 0 radical (unpaired) electrons. The Morgan fingerprint density at radius 3 is 2.65 bits per heavy atom. The van der Waals surface area contributed by atoms with Crippen molar-refractivity contribution < 1.29 is 24.2 Å². The number of amides is 2. The maximum Gasteiger partial charge on any atom is 0.310 e. The fourth-order valence-electron chi connectivity index (χ4n) is 6.83. The van der Waals surface area contributed by atoms with Gasteiger partial charge in [0.1, 0.15) is 6.04 Å². The highest BCUT2D eigenvalue weighted by Crippen LogP contribution is 2.68. The van der Waals surface area contributed by atoms with Crippen LogP contribution in [0.3, 0.4) is 0 Å². The summed E-state index contributed by atoms with van der Waals surface area (Å²) in [6.07, 6.45) is 7.20. The normalized spacial score (nSPS) is 30.1. The topological polar surface area (TPSA) is 87.2 Å². The lowest BCUT2D eigenvalue weighted by atomic mass is 9.71. The van der Waals surface area contributed by atoms with E-state index in [-0.39, 0.29) is 47.1 Å². The van der Waals surface area contributed by atoms with E-state index in [1.54, 1.807) is 28.8 Å². The van der Waals surface area contributed by atoms with Crippen molar-refractivity contribution in [1.29, 1.82) is 0 Å². The number of rotatable bonds is 14. The van der Waals surface area contributed by atoms with Crippen LogP contribution in [0.1, 0.15) is 57.6 Å². The summed E-state index contributed by atoms with van der Waals surface area (Å²) in [5, 5.41) is 10.5. The zero-order chi connectivity index (χ0) is 29.0. The summed E-state index contributed by atoms with van der Waals surface area (Å²) in [7, 11) is 0. The van der Waals surface area contributed by atoms with E-state index in [0.29, 0.717) is 19.4 Å². The van der Waals surface area contributed by atoms with Crippen LogP contribution >= 0.6 is 27.7 Å². The monoisotopic (exact) mass is 632 g/mol. The number of alkyl halides is 1. The fourth-order valence-corrected chi connectivity index (χ4v) is 10.4. The number of fused-ring (bicyclic) bond motifs is 1. The van der Waals surface area contributed by atoms with Crippen molar-refractivity contribution >= 4 is 45.5 Å². The fraction of sp³-hybridized carbons (Fsp3) is 0.581. The van der Waals surface area contributed by atoms with Crippen LogP contribution in [-0.4, -0.2) is 79.4 Å². The molecule has 218 valence electrons. The number of nitrogens with zero attached hydrogens (tertiary/aromatic N) is 2. The Bertz CT molecular complexity index is 1100. The van der Waals surface area contributed by atoms with Gasteiger partial charge in [-0.1, -0.05) is 71.8 Å². The van der Waals surface area contributed by atoms with E-state index in [9.17, 15) is 19.5 Å². The number of hydrogen-bond donors (Lipinski definition) is 1. The third-order valence-corrected chi connectivity index (χ3v) is 11.8. The first-order valence-corrected chi connectivity index (χ1v) is 16.1. The molecular weight excluding hydrogens is 592 g/mol. The van der Waals surface area contributed by atoms with Gasteiger partial charge in [0.15, 0.2) is 0 Å². The molecule has 7 nitrogen and oxygen atoms in total. The van der Waals surface area contributed by atoms with Crippen LogP contribution < -0.4 is 0 Å². The van der Waals surface area contributed by atoms with Crippen molar-refractivity contribution in [2.45, 2.75) is 78.9 Å². The Morgan fingerprint density at radius 2 is 2.02 bits per heavy atom. The van der Waals surface area contributed by atoms with E-state index < -0.39 is 28.7 Å². The molecule has 9 heteroatoms. The van der Waals surface area contributed by atoms with E-state index in [0.717, 1.165) is 24.8 Å². The van der Waals surface area contributed by atoms with Gasteiger partial charge in [0.05, 0.1) is 35.8 Å². The summed E-state index contributed by atoms with van der Waals surface area (Å²) in [6, 6.07) is 7.73. The first-order chi connectivity index (χ1) is 19.3. The minimum Gasteiger partial charge on any atom is -0.465 e. The lowest BCUT2D eigenvalue weighted by Gasteiger charge is -2.41. The number of hydrogen-bond acceptors (Lipinski definition) is 6. The molecular formula is C31H41BrN2O5S. The van der Waals surface area contributed by atoms with E-state index in [4.69, 9.17) is 4.74 Å². The minimum absolute atomic E-state index is 0.0484. The Morgan fingerprint density at radius 1 is 1.30 bits per heavy atom. The molecule has 3 aliphatic heterocycles. The van der Waals surface area contributed by atoms with Gasteiger partial charge >= 0.3 is 5.97 Å². The number of benzene rings is 1. The smallest absolute Gasteiger partial charge is 0.310 e. The number of aliphatic hydroxyl groups excluding tert-OH is 1. The average molecular weight is 634 g/mol. The molecule has 3 heterocycles. The second-order valence-corrected chi connectivity index (χ2v) is 13.7. The van der Waals surface area contributed by atoms with Gasteiger partial charge in [0.2, 0.25) is 11.8 Å². The standard InChI is InChI=1S/C31H41BrN2O5S/c1-5-8-12-17-39-30(38)24-25-28(36)34(23(19-35)21-14-10-9-11-15-21)27(31(25)18-22(32)26(24)40-31)29(37)33(16-7-3)20(4)13-6-2/h5,7,9-11,14-15,20,22-27,35H,1,3,6,8,12-13,16-19H2,2,4H3/t20?,22?,23-,24-,25+,26-,27?,31?/m1/s1. The second kappa shape index (κ2) is 13.3. The highest BCUT2D eigenvalue weighted by molar-refractivity contribution is 9.09. The third-order valence-electron chi connectivity index (χ3n) is 8.57. The molecule has 8 atom stereocenters. The molecule has 1 aromatic rings. The molecule has 4 rings (SSSR count). The Kier molecular flexibility index (Phi) is 10.2. The molecule has 1 aromatic carbocycles. The summed E-state index contributed by atoms with van der Waals surface area (Å²) < 4.78 is 4.88. The van der Waals surface area contributed by atoms with Gasteiger partial charge in [-0.15, -0.1) is 24.9 Å². The van der Waals surface area contributed by atoms with Crippen LogP contribution in [0.25, 0.3) is 0 Å². The molecule has 3 aliphatic rings. The van der Waals surface area contributed by atoms with Gasteiger partial charge in [-0.25, -0.2) is 0 Å². The second-order valence-electron chi connectivity index (χ2n) is 11.0. The summed E-state index contributed by atoms with van der Waals surface area (Å²) in [6.45, 7) is 12.0. The molecule has 0 saturated carbocycles. The number of aliphatic hydroxyl groups is 1. The number of unbranched alkanes of at least 4 members (excludes halogenated alkanes) is 1. The maximum atomic E-state index is 14.7. The molecule has 1 spiro atoms. The Balaban J connectivity index is 1.80. The van der Waals surface area contributed by atoms with Crippen molar-refractivity contribution in [3.63, 3.8) is 0 Å². The molecule has 40 heavy (non-hydrogen) atoms. The highest BCUT2D eigenvalue weighted by atomic mass is 79.9. The van der Waals surface area contributed by atoms with Crippen LogP contribution in [-0.2, 0) is 19.1 Å². The lowest BCUT2D eigenvalue weighted by molar-refractivity contribution is -0.154. The van der Waals surface area contributed by atoms with Crippen molar-refractivity contribution in [1.82, 2.24) is 9.80 Å². The molecule has 3 fully saturated rings. The number of carbonyl (C=O) groups is 3. The molecule has 4 unspecified atom stereocenters. The van der Waals surface area contributed by atoms with Crippen molar-refractivity contribution in [3.8, 4) is 0 Å². The number of ether oxygens (including phenoxy) is 1. The van der Waals surface area contributed by atoms with Gasteiger partial charge < -0.3 is 19.6 Å². The number of allylic oxidation sites excluding steroid dienone is 1. The van der Waals surface area contributed by atoms with Crippen LogP contribution in [0.2, 0.25) is 0 Å². The molecule has 3 saturated heterocycles. The van der Waals surface area contributed by atoms with Gasteiger partial charge in [0.25, 0.3) is 0 Å². The average Bonchev–Trinajstić information content (AvgIpc) is 3.54. The largest absolute Gasteiger partial charge is 0.465 e. The molecule has 2 amide bonds. The summed E-state index contributed by atoms with van der Waals surface area (Å²) in [4.78, 5) is 46.1. The third kappa shape index (κ3) is 5.41. The zero-order valence-corrected chi connectivity index (χ0v) is 25.8. The van der Waals surface area contributed by atoms with Crippen molar-refractivity contribution in [3.05, 3.63) is 61.2 Å². The number of esters is 1. The van der Waals surface area contributed by atoms with Crippen molar-refractivity contribution in [2.75, 3.05) is 19.8 Å². The zero-order valence-electron chi connectivity index (χ0n) is 23.4. The SMILES string of the molecule is C=CCCCOC(=O)[C@H]1[C@@H]2SC3(CC2Br)C(C(=O)N(CC=C)C(C)CCC)N([C@H](CO)c2ccccc2)C(=O)[C@H]13. The van der Waals surface area contributed by atoms with Gasteiger partial charge in [-0.3, -0.25) is 14.4 Å². The van der Waals surface area contributed by atoms with Gasteiger partial charge in [0, 0.05) is 22.7 Å². The number of carbonyl (C=O) groups excluding carboxylic acids is 3. The summed E-state index contributed by atoms with van der Waals surface area (Å²) in [5.41, 5.74) is 0.753. The van der Waals surface area contributed by atoms with Crippen LogP contribution in [0.5, 0.6) is 0 Å². The van der Waals surface area contributed by atoms with E-state index in [1.165, 1.54) is 0 Å².